The van der Waals surface area contributed by atoms with Gasteiger partial charge in [-0.2, -0.15) is 11.3 Å². The lowest BCUT2D eigenvalue weighted by Crippen LogP contribution is -2.33. The molecule has 3 rings (SSSR count). The second-order valence-electron chi connectivity index (χ2n) is 4.91. The summed E-state index contributed by atoms with van der Waals surface area (Å²) < 4.78 is 0.936. The maximum Gasteiger partial charge on any atom is 0.263 e. The van der Waals surface area contributed by atoms with Gasteiger partial charge in [0, 0.05) is 12.2 Å². The van der Waals surface area contributed by atoms with Crippen molar-refractivity contribution in [1.29, 1.82) is 0 Å². The van der Waals surface area contributed by atoms with Crippen molar-refractivity contribution in [2.45, 2.75) is 19.4 Å². The largest absolute Gasteiger partial charge is 0.396 e. The van der Waals surface area contributed by atoms with E-state index in [0.717, 1.165) is 11.1 Å². The molecular weight excluding hydrogens is 302 g/mol. The minimum atomic E-state index is -0.127. The normalized spacial score (nSPS) is 12.4. The van der Waals surface area contributed by atoms with Crippen molar-refractivity contribution in [3.63, 3.8) is 0 Å². The number of hydrogen-bond donors (Lipinski definition) is 2. The van der Waals surface area contributed by atoms with Gasteiger partial charge in [0.1, 0.15) is 10.4 Å². The molecule has 1 amide bonds. The molecule has 3 heterocycles. The molecule has 3 N–H and O–H groups in total. The van der Waals surface area contributed by atoms with Gasteiger partial charge in [0.15, 0.2) is 0 Å². The van der Waals surface area contributed by atoms with Crippen LogP contribution >= 0.6 is 22.7 Å². The Kier molecular flexibility index (Phi) is 3.90. The number of aromatic nitrogens is 1. The van der Waals surface area contributed by atoms with Gasteiger partial charge in [-0.1, -0.05) is 0 Å². The summed E-state index contributed by atoms with van der Waals surface area (Å²) in [5.74, 6) is -0.127. The first-order valence-corrected chi connectivity index (χ1v) is 8.36. The first kappa shape index (κ1) is 14.0. The third-order valence-corrected chi connectivity index (χ3v) is 5.08. The Balaban J connectivity index is 1.76. The topological polar surface area (TPSA) is 68.0 Å². The number of carbonyl (C=O) groups excluding carboxylic acids is 1. The summed E-state index contributed by atoms with van der Waals surface area (Å²) in [6, 6.07) is 5.91. The summed E-state index contributed by atoms with van der Waals surface area (Å²) in [5.41, 5.74) is 8.45. The van der Waals surface area contributed by atoms with Crippen LogP contribution in [-0.2, 0) is 6.42 Å². The van der Waals surface area contributed by atoms with Crippen molar-refractivity contribution in [1.82, 2.24) is 10.3 Å². The van der Waals surface area contributed by atoms with Crippen LogP contribution in [0.4, 0.5) is 5.69 Å². The number of nitrogens with two attached hydrogens (primary N) is 1. The van der Waals surface area contributed by atoms with Crippen LogP contribution in [0.5, 0.6) is 0 Å². The molecule has 0 saturated heterocycles. The van der Waals surface area contributed by atoms with E-state index in [-0.39, 0.29) is 11.9 Å². The molecule has 0 aliphatic rings. The van der Waals surface area contributed by atoms with E-state index < -0.39 is 0 Å². The Morgan fingerprint density at radius 1 is 1.48 bits per heavy atom. The number of pyridine rings is 1. The van der Waals surface area contributed by atoms with Crippen LogP contribution in [0.15, 0.2) is 35.2 Å². The van der Waals surface area contributed by atoms with E-state index in [9.17, 15) is 4.79 Å². The third-order valence-electron chi connectivity index (χ3n) is 3.19. The second-order valence-corrected chi connectivity index (χ2v) is 6.74. The molecule has 108 valence electrons. The Morgan fingerprint density at radius 3 is 3.05 bits per heavy atom. The van der Waals surface area contributed by atoms with E-state index in [0.29, 0.717) is 16.1 Å². The first-order valence-electron chi connectivity index (χ1n) is 6.60. The highest BCUT2D eigenvalue weighted by atomic mass is 32.1. The fourth-order valence-corrected chi connectivity index (χ4v) is 3.88. The fourth-order valence-electron chi connectivity index (χ4n) is 2.22. The number of nitrogen functional groups attached to an aromatic ring is 1. The molecule has 6 heteroatoms. The van der Waals surface area contributed by atoms with Gasteiger partial charge in [-0.15, -0.1) is 11.3 Å². The van der Waals surface area contributed by atoms with Gasteiger partial charge in [0.2, 0.25) is 0 Å². The highest BCUT2D eigenvalue weighted by molar-refractivity contribution is 7.21. The van der Waals surface area contributed by atoms with Crippen LogP contribution in [-0.4, -0.2) is 16.9 Å². The van der Waals surface area contributed by atoms with Crippen LogP contribution < -0.4 is 11.1 Å². The van der Waals surface area contributed by atoms with E-state index in [1.54, 1.807) is 17.5 Å². The molecule has 0 saturated carbocycles. The van der Waals surface area contributed by atoms with Crippen LogP contribution in [0.3, 0.4) is 0 Å². The zero-order valence-corrected chi connectivity index (χ0v) is 13.1. The summed E-state index contributed by atoms with van der Waals surface area (Å²) in [5, 5.41) is 7.14. The molecule has 4 nitrogen and oxygen atoms in total. The van der Waals surface area contributed by atoms with E-state index in [2.05, 4.69) is 21.7 Å². The number of thiophene rings is 2. The van der Waals surface area contributed by atoms with Crippen LogP contribution in [0.25, 0.3) is 10.2 Å². The average molecular weight is 317 g/mol. The monoisotopic (exact) mass is 317 g/mol. The minimum absolute atomic E-state index is 0.0599. The number of hydrogen-bond acceptors (Lipinski definition) is 5. The number of carbonyl (C=O) groups is 1. The smallest absolute Gasteiger partial charge is 0.263 e. The highest BCUT2D eigenvalue weighted by Crippen LogP contribution is 2.31. The van der Waals surface area contributed by atoms with Gasteiger partial charge in [0.05, 0.1) is 10.4 Å². The van der Waals surface area contributed by atoms with Gasteiger partial charge in [0.25, 0.3) is 5.91 Å². The van der Waals surface area contributed by atoms with Gasteiger partial charge in [-0.3, -0.25) is 9.78 Å². The fraction of sp³-hybridized carbons (Fsp3) is 0.200. The molecule has 0 aromatic carbocycles. The summed E-state index contributed by atoms with van der Waals surface area (Å²) in [7, 11) is 0. The van der Waals surface area contributed by atoms with E-state index in [4.69, 9.17) is 5.73 Å². The number of amides is 1. The Morgan fingerprint density at radius 2 is 2.33 bits per heavy atom. The molecule has 1 atom stereocenters. The van der Waals surface area contributed by atoms with Crippen molar-refractivity contribution in [2.75, 3.05) is 5.73 Å². The van der Waals surface area contributed by atoms with Gasteiger partial charge in [-0.05, 0) is 47.9 Å². The lowest BCUT2D eigenvalue weighted by molar-refractivity contribution is 0.0945. The lowest BCUT2D eigenvalue weighted by Gasteiger charge is -2.12. The highest BCUT2D eigenvalue weighted by Gasteiger charge is 2.18. The molecule has 3 aromatic heterocycles. The molecular formula is C15H15N3OS2. The predicted octanol–water partition coefficient (Wildman–Crippen LogP) is 3.30. The SMILES string of the molecule is CC(Cc1ccsc1)NC(=O)c1sc2cccnc2c1N. The molecule has 0 fully saturated rings. The van der Waals surface area contributed by atoms with Crippen LogP contribution in [0, 0.1) is 0 Å². The van der Waals surface area contributed by atoms with Gasteiger partial charge >= 0.3 is 0 Å². The number of nitrogens with zero attached hydrogens (tertiary/aromatic N) is 1. The van der Waals surface area contributed by atoms with Gasteiger partial charge in [-0.25, -0.2) is 0 Å². The number of fused-ring (bicyclic) bond motifs is 1. The minimum Gasteiger partial charge on any atom is -0.396 e. The molecule has 21 heavy (non-hydrogen) atoms. The van der Waals surface area contributed by atoms with Crippen molar-refractivity contribution in [2.24, 2.45) is 0 Å². The van der Waals surface area contributed by atoms with Crippen LogP contribution in [0.2, 0.25) is 0 Å². The second kappa shape index (κ2) is 5.83. The summed E-state index contributed by atoms with van der Waals surface area (Å²) in [6.45, 7) is 2.00. The van der Waals surface area contributed by atoms with Crippen molar-refractivity contribution in [3.8, 4) is 0 Å². The zero-order chi connectivity index (χ0) is 14.8. The number of rotatable bonds is 4. The van der Waals surface area contributed by atoms with Crippen molar-refractivity contribution >= 4 is 44.5 Å². The Labute approximate surface area is 130 Å². The Bertz CT molecular complexity index is 764. The quantitative estimate of drug-likeness (QED) is 0.776. The third kappa shape index (κ3) is 2.91. The molecule has 0 radical (unpaired) electrons. The number of nitrogens with one attached hydrogen (secondary N) is 1. The Hall–Kier alpha value is -1.92. The summed E-state index contributed by atoms with van der Waals surface area (Å²) >= 11 is 3.05. The van der Waals surface area contributed by atoms with Crippen molar-refractivity contribution in [3.05, 3.63) is 45.6 Å². The summed E-state index contributed by atoms with van der Waals surface area (Å²) in [4.78, 5) is 17.1. The maximum absolute atomic E-state index is 12.4. The molecule has 0 aliphatic carbocycles. The molecule has 0 bridgehead atoms. The van der Waals surface area contributed by atoms with Crippen molar-refractivity contribution < 1.29 is 4.79 Å². The lowest BCUT2D eigenvalue weighted by atomic mass is 10.1. The standard InChI is InChI=1S/C15H15N3OS2/c1-9(7-10-4-6-20-8-10)18-15(19)14-12(16)13-11(21-14)3-2-5-17-13/h2-6,8-9H,7,16H2,1H3,(H,18,19). The first-order chi connectivity index (χ1) is 10.1. The van der Waals surface area contributed by atoms with Gasteiger partial charge < -0.3 is 11.1 Å². The number of anilines is 1. The van der Waals surface area contributed by atoms with Crippen LogP contribution in [0.1, 0.15) is 22.2 Å². The van der Waals surface area contributed by atoms with E-state index in [1.165, 1.54) is 16.9 Å². The van der Waals surface area contributed by atoms with E-state index >= 15 is 0 Å². The zero-order valence-electron chi connectivity index (χ0n) is 11.5. The molecule has 1 unspecified atom stereocenters. The molecule has 3 aromatic rings. The summed E-state index contributed by atoms with van der Waals surface area (Å²) in [6.07, 6.45) is 2.50. The molecule has 0 aliphatic heterocycles. The van der Waals surface area contributed by atoms with E-state index in [1.807, 2.05) is 24.4 Å². The maximum atomic E-state index is 12.4. The molecule has 0 spiro atoms. The predicted molar refractivity (Wildman–Crippen MR) is 89.0 cm³/mol. The average Bonchev–Trinajstić information content (AvgIpc) is 3.07.